The minimum absolute atomic E-state index is 0.189. The first-order chi connectivity index (χ1) is 9.72. The topological polar surface area (TPSA) is 49.3 Å². The van der Waals surface area contributed by atoms with Gasteiger partial charge in [0.15, 0.2) is 0 Å². The Morgan fingerprint density at radius 3 is 2.85 bits per heavy atom. The molecule has 0 radical (unpaired) electrons. The number of rotatable bonds is 3. The molecule has 3 nitrogen and oxygen atoms in total. The summed E-state index contributed by atoms with van der Waals surface area (Å²) in [5.41, 5.74) is 1.69. The third-order valence-electron chi connectivity index (χ3n) is 2.58. The zero-order chi connectivity index (χ0) is 14.4. The molecule has 0 unspecified atom stereocenters. The Kier molecular flexibility index (Phi) is 5.19. The van der Waals surface area contributed by atoms with Crippen molar-refractivity contribution in [3.63, 3.8) is 0 Å². The SMILES string of the molecule is O=C(NCc1ccccc1C#CCO)c1sccc1Cl. The number of carbonyl (C=O) groups excluding carboxylic acids is 1. The Bertz CT molecular complexity index is 670. The molecule has 1 aromatic carbocycles. The van der Waals surface area contributed by atoms with Crippen LogP contribution in [-0.2, 0) is 6.54 Å². The van der Waals surface area contributed by atoms with E-state index in [1.807, 2.05) is 24.3 Å². The Balaban J connectivity index is 2.08. The summed E-state index contributed by atoms with van der Waals surface area (Å²) < 4.78 is 0. The van der Waals surface area contributed by atoms with Crippen LogP contribution in [0.15, 0.2) is 35.7 Å². The van der Waals surface area contributed by atoms with Crippen molar-refractivity contribution in [1.29, 1.82) is 0 Å². The molecule has 1 aromatic heterocycles. The maximum Gasteiger partial charge on any atom is 0.263 e. The van der Waals surface area contributed by atoms with Gasteiger partial charge in [0.25, 0.3) is 5.91 Å². The quantitative estimate of drug-likeness (QED) is 0.857. The van der Waals surface area contributed by atoms with Crippen molar-refractivity contribution in [1.82, 2.24) is 5.32 Å². The first-order valence-electron chi connectivity index (χ1n) is 5.91. The first-order valence-corrected chi connectivity index (χ1v) is 7.17. The lowest BCUT2D eigenvalue weighted by Crippen LogP contribution is -2.22. The predicted octanol–water partition coefficient (Wildman–Crippen LogP) is 2.68. The molecule has 2 aromatic rings. The van der Waals surface area contributed by atoms with Gasteiger partial charge in [0.2, 0.25) is 0 Å². The predicted molar refractivity (Wildman–Crippen MR) is 80.9 cm³/mol. The molecule has 0 fully saturated rings. The lowest BCUT2D eigenvalue weighted by Gasteiger charge is -2.06. The fourth-order valence-electron chi connectivity index (χ4n) is 1.64. The molecule has 0 saturated carbocycles. The van der Waals surface area contributed by atoms with Crippen LogP contribution in [0, 0.1) is 11.8 Å². The maximum absolute atomic E-state index is 12.0. The van der Waals surface area contributed by atoms with Gasteiger partial charge >= 0.3 is 0 Å². The Morgan fingerprint density at radius 1 is 1.35 bits per heavy atom. The van der Waals surface area contributed by atoms with E-state index in [2.05, 4.69) is 17.2 Å². The zero-order valence-electron chi connectivity index (χ0n) is 10.5. The molecule has 0 bridgehead atoms. The Morgan fingerprint density at radius 2 is 2.15 bits per heavy atom. The molecule has 0 saturated heterocycles. The number of aliphatic hydroxyl groups excluding tert-OH is 1. The van der Waals surface area contributed by atoms with Crippen molar-refractivity contribution >= 4 is 28.8 Å². The van der Waals surface area contributed by atoms with E-state index in [-0.39, 0.29) is 12.5 Å². The number of thiophene rings is 1. The molecule has 0 aliphatic rings. The number of nitrogens with one attached hydrogen (secondary N) is 1. The highest BCUT2D eigenvalue weighted by Gasteiger charge is 2.11. The van der Waals surface area contributed by atoms with E-state index in [9.17, 15) is 4.79 Å². The van der Waals surface area contributed by atoms with Gasteiger partial charge in [0.1, 0.15) is 11.5 Å². The number of aliphatic hydroxyl groups is 1. The normalized spacial score (nSPS) is 9.70. The van der Waals surface area contributed by atoms with E-state index in [1.165, 1.54) is 11.3 Å². The highest BCUT2D eigenvalue weighted by Crippen LogP contribution is 2.21. The van der Waals surface area contributed by atoms with Crippen LogP contribution in [0.2, 0.25) is 5.02 Å². The van der Waals surface area contributed by atoms with E-state index < -0.39 is 0 Å². The number of amides is 1. The molecule has 0 aliphatic heterocycles. The standard InChI is InChI=1S/C15H12ClNO2S/c16-13-7-9-20-14(13)15(19)17-10-12-5-2-1-4-11(12)6-3-8-18/h1-2,4-5,7,9,18H,8,10H2,(H,17,19). The second-order valence-electron chi connectivity index (χ2n) is 3.90. The molecule has 0 spiro atoms. The molecule has 0 atom stereocenters. The molecule has 0 aliphatic carbocycles. The molecule has 2 rings (SSSR count). The summed E-state index contributed by atoms with van der Waals surface area (Å²) in [4.78, 5) is 12.5. The van der Waals surface area contributed by atoms with Crippen LogP contribution in [0.5, 0.6) is 0 Å². The zero-order valence-corrected chi connectivity index (χ0v) is 12.1. The highest BCUT2D eigenvalue weighted by atomic mass is 35.5. The largest absolute Gasteiger partial charge is 0.384 e. The third kappa shape index (κ3) is 3.61. The molecule has 2 N–H and O–H groups in total. The summed E-state index contributed by atoms with van der Waals surface area (Å²) >= 11 is 7.22. The number of benzene rings is 1. The van der Waals surface area contributed by atoms with Crippen molar-refractivity contribution in [2.45, 2.75) is 6.54 Å². The van der Waals surface area contributed by atoms with Crippen molar-refractivity contribution in [3.05, 3.63) is 56.7 Å². The van der Waals surface area contributed by atoms with E-state index in [0.717, 1.165) is 11.1 Å². The van der Waals surface area contributed by atoms with Crippen LogP contribution in [-0.4, -0.2) is 17.6 Å². The molecule has 1 amide bonds. The van der Waals surface area contributed by atoms with Crippen LogP contribution in [0.1, 0.15) is 20.8 Å². The Labute approximate surface area is 126 Å². The smallest absolute Gasteiger partial charge is 0.263 e. The van der Waals surface area contributed by atoms with Crippen LogP contribution in [0.3, 0.4) is 0 Å². The van der Waals surface area contributed by atoms with E-state index in [0.29, 0.717) is 16.4 Å². The summed E-state index contributed by atoms with van der Waals surface area (Å²) in [6.45, 7) is 0.175. The average Bonchev–Trinajstić information content (AvgIpc) is 2.89. The van der Waals surface area contributed by atoms with E-state index in [1.54, 1.807) is 11.4 Å². The van der Waals surface area contributed by atoms with Gasteiger partial charge in [-0.15, -0.1) is 11.3 Å². The summed E-state index contributed by atoms with van der Waals surface area (Å²) in [5, 5.41) is 13.8. The monoisotopic (exact) mass is 305 g/mol. The van der Waals surface area contributed by atoms with Gasteiger partial charge in [-0.25, -0.2) is 0 Å². The van der Waals surface area contributed by atoms with Crippen molar-refractivity contribution < 1.29 is 9.90 Å². The van der Waals surface area contributed by atoms with E-state index >= 15 is 0 Å². The van der Waals surface area contributed by atoms with Crippen LogP contribution in [0.4, 0.5) is 0 Å². The molecular weight excluding hydrogens is 294 g/mol. The lowest BCUT2D eigenvalue weighted by molar-refractivity contribution is 0.0955. The van der Waals surface area contributed by atoms with Crippen LogP contribution >= 0.6 is 22.9 Å². The fraction of sp³-hybridized carbons (Fsp3) is 0.133. The van der Waals surface area contributed by atoms with Gasteiger partial charge in [0, 0.05) is 12.1 Å². The minimum Gasteiger partial charge on any atom is -0.384 e. The summed E-state index contributed by atoms with van der Waals surface area (Å²) in [7, 11) is 0. The van der Waals surface area contributed by atoms with Crippen molar-refractivity contribution in [2.24, 2.45) is 0 Å². The number of hydrogen-bond donors (Lipinski definition) is 2. The third-order valence-corrected chi connectivity index (χ3v) is 3.92. The van der Waals surface area contributed by atoms with Crippen molar-refractivity contribution in [3.8, 4) is 11.8 Å². The lowest BCUT2D eigenvalue weighted by atomic mass is 10.1. The number of carbonyl (C=O) groups is 1. The van der Waals surface area contributed by atoms with Crippen molar-refractivity contribution in [2.75, 3.05) is 6.61 Å². The molecule has 1 heterocycles. The van der Waals surface area contributed by atoms with Gasteiger partial charge in [0.05, 0.1) is 5.02 Å². The maximum atomic E-state index is 12.0. The molecule has 20 heavy (non-hydrogen) atoms. The summed E-state index contributed by atoms with van der Waals surface area (Å²) in [5.74, 6) is 5.26. The highest BCUT2D eigenvalue weighted by molar-refractivity contribution is 7.12. The number of halogens is 1. The summed E-state index contributed by atoms with van der Waals surface area (Å²) in [6, 6.07) is 9.17. The van der Waals surface area contributed by atoms with E-state index in [4.69, 9.17) is 16.7 Å². The molecule has 102 valence electrons. The second kappa shape index (κ2) is 7.11. The first kappa shape index (κ1) is 14.6. The van der Waals surface area contributed by atoms with Gasteiger partial charge in [-0.1, -0.05) is 41.6 Å². The summed E-state index contributed by atoms with van der Waals surface area (Å²) in [6.07, 6.45) is 0. The number of hydrogen-bond acceptors (Lipinski definition) is 3. The second-order valence-corrected chi connectivity index (χ2v) is 5.22. The van der Waals surface area contributed by atoms with Gasteiger partial charge in [-0.2, -0.15) is 0 Å². The fourth-order valence-corrected chi connectivity index (χ4v) is 2.70. The minimum atomic E-state index is -0.199. The average molecular weight is 306 g/mol. The van der Waals surface area contributed by atoms with Crippen LogP contribution < -0.4 is 5.32 Å². The van der Waals surface area contributed by atoms with Crippen LogP contribution in [0.25, 0.3) is 0 Å². The van der Waals surface area contributed by atoms with Gasteiger partial charge < -0.3 is 10.4 Å². The van der Waals surface area contributed by atoms with Gasteiger partial charge in [-0.3, -0.25) is 4.79 Å². The molecular formula is C15H12ClNO2S. The van der Waals surface area contributed by atoms with Gasteiger partial charge in [-0.05, 0) is 23.1 Å². The Hall–Kier alpha value is -1.80. The molecule has 5 heteroatoms.